The Bertz CT molecular complexity index is 322. The first kappa shape index (κ1) is 11.6. The van der Waals surface area contributed by atoms with Crippen LogP contribution in [0.25, 0.3) is 0 Å². The van der Waals surface area contributed by atoms with E-state index >= 15 is 0 Å². The lowest BCUT2D eigenvalue weighted by Gasteiger charge is -2.25. The maximum atomic E-state index is 8.51. The van der Waals surface area contributed by atoms with E-state index in [0.717, 1.165) is 24.2 Å². The van der Waals surface area contributed by atoms with Crippen molar-refractivity contribution in [2.24, 2.45) is 10.9 Å². The van der Waals surface area contributed by atoms with Crippen LogP contribution in [0.4, 0.5) is 0 Å². The lowest BCUT2D eigenvalue weighted by atomic mass is 10.0. The molecule has 0 spiro atoms. The highest BCUT2D eigenvalue weighted by atomic mass is 16.5. The van der Waals surface area contributed by atoms with Crippen LogP contribution in [0.3, 0.4) is 0 Å². The molecule has 0 radical (unpaired) electrons. The van der Waals surface area contributed by atoms with Crippen molar-refractivity contribution < 1.29 is 9.94 Å². The summed E-state index contributed by atoms with van der Waals surface area (Å²) in [5.41, 5.74) is 6.16. The topological polar surface area (TPSA) is 67.8 Å². The summed E-state index contributed by atoms with van der Waals surface area (Å²) in [6.45, 7) is 6.03. The second kappa shape index (κ2) is 4.38. The number of amidine groups is 1. The molecule has 1 aliphatic rings. The molecule has 0 fully saturated rings. The van der Waals surface area contributed by atoms with E-state index in [1.807, 2.05) is 32.9 Å². The molecule has 4 nitrogen and oxygen atoms in total. The van der Waals surface area contributed by atoms with E-state index in [1.165, 1.54) is 0 Å². The van der Waals surface area contributed by atoms with E-state index in [0.29, 0.717) is 0 Å². The van der Waals surface area contributed by atoms with Crippen LogP contribution in [-0.4, -0.2) is 16.6 Å². The van der Waals surface area contributed by atoms with Crippen molar-refractivity contribution in [3.8, 4) is 0 Å². The third-order valence-electron chi connectivity index (χ3n) is 1.99. The molecule has 0 unspecified atom stereocenters. The van der Waals surface area contributed by atoms with E-state index in [1.54, 1.807) is 0 Å². The summed E-state index contributed by atoms with van der Waals surface area (Å²) in [6.07, 6.45) is 5.25. The molecule has 0 saturated carbocycles. The highest BCUT2D eigenvalue weighted by Crippen LogP contribution is 2.23. The lowest BCUT2D eigenvalue weighted by molar-refractivity contribution is 0.0466. The zero-order chi connectivity index (χ0) is 11.5. The molecule has 0 aromatic heterocycles. The Balaban J connectivity index is 2.69. The van der Waals surface area contributed by atoms with Crippen LogP contribution in [-0.2, 0) is 4.74 Å². The van der Waals surface area contributed by atoms with Crippen LogP contribution in [0.1, 0.15) is 33.6 Å². The largest absolute Gasteiger partial charge is 0.492 e. The van der Waals surface area contributed by atoms with Crippen LogP contribution in [0.2, 0.25) is 0 Å². The average Bonchev–Trinajstić information content (AvgIpc) is 2.15. The van der Waals surface area contributed by atoms with Crippen molar-refractivity contribution in [3.05, 3.63) is 23.5 Å². The Kier molecular flexibility index (Phi) is 3.39. The number of ether oxygens (including phenoxy) is 1. The van der Waals surface area contributed by atoms with Crippen LogP contribution < -0.4 is 5.73 Å². The van der Waals surface area contributed by atoms with E-state index in [-0.39, 0.29) is 11.4 Å². The number of rotatable bonds is 2. The number of hydrogen-bond acceptors (Lipinski definition) is 3. The maximum Gasteiger partial charge on any atom is 0.166 e. The number of oxime groups is 1. The smallest absolute Gasteiger partial charge is 0.166 e. The van der Waals surface area contributed by atoms with Crippen molar-refractivity contribution in [1.29, 1.82) is 0 Å². The highest BCUT2D eigenvalue weighted by molar-refractivity contribution is 5.96. The number of nitrogens with two attached hydrogens (primary N) is 1. The van der Waals surface area contributed by atoms with Crippen molar-refractivity contribution in [1.82, 2.24) is 0 Å². The van der Waals surface area contributed by atoms with Gasteiger partial charge in [-0.1, -0.05) is 11.2 Å². The Labute approximate surface area is 90.1 Å². The summed E-state index contributed by atoms with van der Waals surface area (Å²) in [4.78, 5) is 0. The zero-order valence-electron chi connectivity index (χ0n) is 9.45. The molecule has 3 N–H and O–H groups in total. The fourth-order valence-corrected chi connectivity index (χ4v) is 1.37. The van der Waals surface area contributed by atoms with Gasteiger partial charge in [0.2, 0.25) is 0 Å². The summed E-state index contributed by atoms with van der Waals surface area (Å²) < 4.78 is 5.71. The summed E-state index contributed by atoms with van der Waals surface area (Å²) >= 11 is 0. The van der Waals surface area contributed by atoms with Gasteiger partial charge in [0.05, 0.1) is 5.76 Å². The Morgan fingerprint density at radius 1 is 1.40 bits per heavy atom. The predicted octanol–water partition coefficient (Wildman–Crippen LogP) is 2.15. The first-order valence-corrected chi connectivity index (χ1v) is 4.99. The number of hydrogen-bond donors (Lipinski definition) is 2. The second-order valence-corrected chi connectivity index (χ2v) is 4.52. The Morgan fingerprint density at radius 2 is 2.07 bits per heavy atom. The van der Waals surface area contributed by atoms with Crippen molar-refractivity contribution in [3.63, 3.8) is 0 Å². The van der Waals surface area contributed by atoms with Gasteiger partial charge in [-0.2, -0.15) is 0 Å². The maximum absolute atomic E-state index is 8.51. The van der Waals surface area contributed by atoms with Gasteiger partial charge in [-0.05, 0) is 38.8 Å². The van der Waals surface area contributed by atoms with Gasteiger partial charge in [0.15, 0.2) is 5.84 Å². The van der Waals surface area contributed by atoms with E-state index in [2.05, 4.69) is 5.16 Å². The minimum atomic E-state index is -0.173. The lowest BCUT2D eigenvalue weighted by Crippen LogP contribution is -2.21. The van der Waals surface area contributed by atoms with Gasteiger partial charge >= 0.3 is 0 Å². The van der Waals surface area contributed by atoms with Gasteiger partial charge in [-0.3, -0.25) is 0 Å². The van der Waals surface area contributed by atoms with Gasteiger partial charge < -0.3 is 15.7 Å². The fourth-order valence-electron chi connectivity index (χ4n) is 1.37. The Morgan fingerprint density at radius 3 is 2.47 bits per heavy atom. The molecular formula is C11H18N2O2. The third kappa shape index (κ3) is 3.65. The molecule has 15 heavy (non-hydrogen) atoms. The SMILES string of the molecule is CC(C)(C)OC1=CC=C(/C(N)=N/O)CC1. The third-order valence-corrected chi connectivity index (χ3v) is 1.99. The molecule has 0 aromatic rings. The van der Waals surface area contributed by atoms with E-state index in [9.17, 15) is 0 Å². The summed E-state index contributed by atoms with van der Waals surface area (Å²) in [7, 11) is 0. The van der Waals surface area contributed by atoms with Crippen molar-refractivity contribution >= 4 is 5.84 Å². The molecule has 0 aliphatic heterocycles. The molecule has 0 amide bonds. The van der Waals surface area contributed by atoms with E-state index in [4.69, 9.17) is 15.7 Å². The first-order chi connectivity index (χ1) is 6.92. The molecule has 0 aromatic carbocycles. The predicted molar refractivity (Wildman–Crippen MR) is 59.6 cm³/mol. The average molecular weight is 210 g/mol. The number of nitrogens with zero attached hydrogens (tertiary/aromatic N) is 1. The molecule has 0 atom stereocenters. The fraction of sp³-hybridized carbons (Fsp3) is 0.545. The molecule has 1 rings (SSSR count). The van der Waals surface area contributed by atoms with Gasteiger partial charge in [-0.25, -0.2) is 0 Å². The molecular weight excluding hydrogens is 192 g/mol. The summed E-state index contributed by atoms with van der Waals surface area (Å²) in [5, 5.41) is 11.5. The second-order valence-electron chi connectivity index (χ2n) is 4.52. The van der Waals surface area contributed by atoms with E-state index < -0.39 is 0 Å². The minimum absolute atomic E-state index is 0.173. The van der Waals surface area contributed by atoms with Gasteiger partial charge in [0.1, 0.15) is 5.60 Å². The van der Waals surface area contributed by atoms with Crippen LogP contribution in [0.15, 0.2) is 28.6 Å². The Hall–Kier alpha value is -1.45. The molecule has 0 heterocycles. The van der Waals surface area contributed by atoms with Gasteiger partial charge in [0, 0.05) is 6.42 Å². The molecule has 0 saturated heterocycles. The quantitative estimate of drug-likeness (QED) is 0.317. The number of allylic oxidation sites excluding steroid dienone is 3. The summed E-state index contributed by atoms with van der Waals surface area (Å²) in [5.74, 6) is 1.12. The van der Waals surface area contributed by atoms with Gasteiger partial charge in [0.25, 0.3) is 0 Å². The van der Waals surface area contributed by atoms with Gasteiger partial charge in [-0.15, -0.1) is 0 Å². The van der Waals surface area contributed by atoms with Crippen LogP contribution >= 0.6 is 0 Å². The monoisotopic (exact) mass is 210 g/mol. The van der Waals surface area contributed by atoms with Crippen LogP contribution in [0, 0.1) is 0 Å². The van der Waals surface area contributed by atoms with Crippen molar-refractivity contribution in [2.45, 2.75) is 39.2 Å². The minimum Gasteiger partial charge on any atom is -0.492 e. The standard InChI is InChI=1S/C11H18N2O2/c1-11(2,3)15-9-6-4-8(5-7-9)10(12)13-14/h4,6,14H,5,7H2,1-3H3,(H2,12,13). The zero-order valence-corrected chi connectivity index (χ0v) is 9.45. The van der Waals surface area contributed by atoms with Crippen LogP contribution in [0.5, 0.6) is 0 Å². The highest BCUT2D eigenvalue weighted by Gasteiger charge is 2.16. The normalized spacial score (nSPS) is 18.2. The van der Waals surface area contributed by atoms with Crippen molar-refractivity contribution in [2.75, 3.05) is 0 Å². The first-order valence-electron chi connectivity index (χ1n) is 4.99. The molecule has 0 bridgehead atoms. The molecule has 1 aliphatic carbocycles. The summed E-state index contributed by atoms with van der Waals surface area (Å²) in [6, 6.07) is 0. The molecule has 84 valence electrons. The molecule has 4 heteroatoms.